The predicted octanol–water partition coefficient (Wildman–Crippen LogP) is 3.71. The minimum Gasteiger partial charge on any atom is -0.494 e. The third kappa shape index (κ3) is 5.09. The van der Waals surface area contributed by atoms with Crippen LogP contribution >= 0.6 is 0 Å². The molecule has 0 saturated carbocycles. The Kier molecular flexibility index (Phi) is 6.81. The van der Waals surface area contributed by atoms with Gasteiger partial charge in [-0.1, -0.05) is 31.0 Å². The van der Waals surface area contributed by atoms with Crippen LogP contribution in [0.5, 0.6) is 5.75 Å². The van der Waals surface area contributed by atoms with E-state index < -0.39 is 0 Å². The van der Waals surface area contributed by atoms with Gasteiger partial charge in [0.2, 0.25) is 0 Å². The van der Waals surface area contributed by atoms with Crippen LogP contribution in [0.1, 0.15) is 44.7 Å². The van der Waals surface area contributed by atoms with Crippen LogP contribution in [0.2, 0.25) is 0 Å². The molecule has 0 saturated heterocycles. The van der Waals surface area contributed by atoms with Gasteiger partial charge >= 0.3 is 0 Å². The van der Waals surface area contributed by atoms with E-state index in [0.717, 1.165) is 25.3 Å². The number of hydrogen-bond acceptors (Lipinski definition) is 2. The number of nitrogens with one attached hydrogen (secondary N) is 1. The molecule has 0 amide bonds. The van der Waals surface area contributed by atoms with Crippen molar-refractivity contribution in [1.29, 1.82) is 0 Å². The van der Waals surface area contributed by atoms with Gasteiger partial charge in [-0.2, -0.15) is 0 Å². The fourth-order valence-electron chi connectivity index (χ4n) is 2.09. The summed E-state index contributed by atoms with van der Waals surface area (Å²) in [6, 6.07) is 6.94. The van der Waals surface area contributed by atoms with E-state index >= 15 is 0 Å². The largest absolute Gasteiger partial charge is 0.494 e. The predicted molar refractivity (Wildman–Crippen MR) is 78.4 cm³/mol. The van der Waals surface area contributed by atoms with E-state index in [-0.39, 0.29) is 0 Å². The van der Waals surface area contributed by atoms with Gasteiger partial charge < -0.3 is 10.1 Å². The zero-order valence-electron chi connectivity index (χ0n) is 12.3. The Morgan fingerprint density at radius 2 is 2.06 bits per heavy atom. The van der Waals surface area contributed by atoms with Crippen LogP contribution < -0.4 is 10.1 Å². The molecular formula is C16H27NO. The number of hydrogen-bond donors (Lipinski definition) is 1. The van der Waals surface area contributed by atoms with Crippen LogP contribution in [0.4, 0.5) is 0 Å². The summed E-state index contributed by atoms with van der Waals surface area (Å²) < 4.78 is 5.69. The minimum atomic E-state index is 0.498. The van der Waals surface area contributed by atoms with E-state index in [1.165, 1.54) is 24.0 Å². The molecule has 1 aromatic carbocycles. The number of unbranched alkanes of at least 4 members (excludes halogenated alkanes) is 1. The quantitative estimate of drug-likeness (QED) is 0.709. The lowest BCUT2D eigenvalue weighted by atomic mass is 10.0. The second-order valence-corrected chi connectivity index (χ2v) is 4.96. The molecule has 2 heteroatoms. The van der Waals surface area contributed by atoms with Crippen molar-refractivity contribution >= 4 is 0 Å². The van der Waals surface area contributed by atoms with Gasteiger partial charge in [-0.3, -0.25) is 0 Å². The van der Waals surface area contributed by atoms with E-state index in [9.17, 15) is 0 Å². The summed E-state index contributed by atoms with van der Waals surface area (Å²) in [6.07, 6.45) is 3.52. The average Bonchev–Trinajstić information content (AvgIpc) is 2.33. The summed E-state index contributed by atoms with van der Waals surface area (Å²) in [4.78, 5) is 0. The summed E-state index contributed by atoms with van der Waals surface area (Å²) in [6.45, 7) is 10.5. The highest BCUT2D eigenvalue weighted by Crippen LogP contribution is 2.21. The van der Waals surface area contributed by atoms with Gasteiger partial charge in [-0.05, 0) is 51.8 Å². The Morgan fingerprint density at radius 3 is 2.72 bits per heavy atom. The second-order valence-electron chi connectivity index (χ2n) is 4.96. The molecule has 0 radical (unpaired) electrons. The Bertz CT molecular complexity index is 349. The lowest BCUT2D eigenvalue weighted by molar-refractivity contribution is 0.335. The lowest BCUT2D eigenvalue weighted by Crippen LogP contribution is -2.29. The van der Waals surface area contributed by atoms with Crippen molar-refractivity contribution in [2.45, 2.75) is 53.0 Å². The first-order valence-electron chi connectivity index (χ1n) is 7.13. The normalized spacial score (nSPS) is 12.4. The van der Waals surface area contributed by atoms with Gasteiger partial charge in [0.25, 0.3) is 0 Å². The van der Waals surface area contributed by atoms with Gasteiger partial charge in [0.15, 0.2) is 0 Å². The first-order valence-corrected chi connectivity index (χ1v) is 7.13. The molecule has 0 aliphatic carbocycles. The van der Waals surface area contributed by atoms with Crippen LogP contribution in [0.15, 0.2) is 18.2 Å². The molecule has 0 aromatic heterocycles. The molecule has 0 aliphatic rings. The molecule has 0 bridgehead atoms. The minimum absolute atomic E-state index is 0.498. The monoisotopic (exact) mass is 249 g/mol. The van der Waals surface area contributed by atoms with Crippen molar-refractivity contribution in [2.24, 2.45) is 0 Å². The standard InChI is InChI=1S/C16H27NO/c1-5-7-10-17-14(4)12-15-11-13(3)8-9-16(15)18-6-2/h8-9,11,14,17H,5-7,10,12H2,1-4H3. The molecule has 2 nitrogen and oxygen atoms in total. The van der Waals surface area contributed by atoms with Crippen molar-refractivity contribution < 1.29 is 4.74 Å². The van der Waals surface area contributed by atoms with E-state index in [1.807, 2.05) is 6.92 Å². The van der Waals surface area contributed by atoms with E-state index in [1.54, 1.807) is 0 Å². The zero-order valence-corrected chi connectivity index (χ0v) is 12.3. The van der Waals surface area contributed by atoms with E-state index in [2.05, 4.69) is 44.3 Å². The number of rotatable bonds is 8. The molecule has 1 rings (SSSR count). The summed E-state index contributed by atoms with van der Waals surface area (Å²) in [5, 5.41) is 3.57. The third-order valence-electron chi connectivity index (χ3n) is 3.07. The van der Waals surface area contributed by atoms with Crippen LogP contribution in [0, 0.1) is 6.92 Å². The van der Waals surface area contributed by atoms with Crippen LogP contribution in [-0.4, -0.2) is 19.2 Å². The molecule has 0 heterocycles. The zero-order chi connectivity index (χ0) is 13.4. The van der Waals surface area contributed by atoms with Crippen LogP contribution in [0.25, 0.3) is 0 Å². The SMILES string of the molecule is CCCCNC(C)Cc1cc(C)ccc1OCC. The molecular weight excluding hydrogens is 222 g/mol. The fraction of sp³-hybridized carbons (Fsp3) is 0.625. The van der Waals surface area contributed by atoms with Crippen molar-refractivity contribution in [3.05, 3.63) is 29.3 Å². The molecule has 18 heavy (non-hydrogen) atoms. The van der Waals surface area contributed by atoms with Gasteiger partial charge in [0.1, 0.15) is 5.75 Å². The number of ether oxygens (including phenoxy) is 1. The Balaban J connectivity index is 2.60. The molecule has 1 N–H and O–H groups in total. The van der Waals surface area contributed by atoms with Gasteiger partial charge in [0, 0.05) is 6.04 Å². The van der Waals surface area contributed by atoms with Crippen molar-refractivity contribution in [3.63, 3.8) is 0 Å². The average molecular weight is 249 g/mol. The highest BCUT2D eigenvalue weighted by molar-refractivity contribution is 5.37. The molecule has 1 atom stereocenters. The van der Waals surface area contributed by atoms with E-state index in [4.69, 9.17) is 4.74 Å². The maximum atomic E-state index is 5.69. The molecule has 102 valence electrons. The molecule has 1 unspecified atom stereocenters. The van der Waals surface area contributed by atoms with Crippen LogP contribution in [-0.2, 0) is 6.42 Å². The number of benzene rings is 1. The molecule has 0 fully saturated rings. The molecule has 0 spiro atoms. The molecule has 0 aliphatic heterocycles. The van der Waals surface area contributed by atoms with Crippen molar-refractivity contribution in [2.75, 3.05) is 13.2 Å². The van der Waals surface area contributed by atoms with Crippen LogP contribution in [0.3, 0.4) is 0 Å². The summed E-state index contributed by atoms with van der Waals surface area (Å²) in [7, 11) is 0. The first-order chi connectivity index (χ1) is 8.67. The lowest BCUT2D eigenvalue weighted by Gasteiger charge is -2.17. The molecule has 1 aromatic rings. The summed E-state index contributed by atoms with van der Waals surface area (Å²) >= 11 is 0. The smallest absolute Gasteiger partial charge is 0.122 e. The Hall–Kier alpha value is -1.02. The maximum absolute atomic E-state index is 5.69. The third-order valence-corrected chi connectivity index (χ3v) is 3.07. The first kappa shape index (κ1) is 15.0. The van der Waals surface area contributed by atoms with Crippen molar-refractivity contribution in [3.8, 4) is 5.75 Å². The Labute approximate surface area is 112 Å². The second kappa shape index (κ2) is 8.15. The highest BCUT2D eigenvalue weighted by Gasteiger charge is 2.08. The number of aryl methyl sites for hydroxylation is 1. The summed E-state index contributed by atoms with van der Waals surface area (Å²) in [5.41, 5.74) is 2.61. The fourth-order valence-corrected chi connectivity index (χ4v) is 2.09. The highest BCUT2D eigenvalue weighted by atomic mass is 16.5. The van der Waals surface area contributed by atoms with Crippen molar-refractivity contribution in [1.82, 2.24) is 5.32 Å². The summed E-state index contributed by atoms with van der Waals surface area (Å²) in [5.74, 6) is 1.03. The van der Waals surface area contributed by atoms with Gasteiger partial charge in [0.05, 0.1) is 6.61 Å². The van der Waals surface area contributed by atoms with E-state index in [0.29, 0.717) is 6.04 Å². The van der Waals surface area contributed by atoms with Gasteiger partial charge in [-0.25, -0.2) is 0 Å². The topological polar surface area (TPSA) is 21.3 Å². The van der Waals surface area contributed by atoms with Gasteiger partial charge in [-0.15, -0.1) is 0 Å². The Morgan fingerprint density at radius 1 is 1.28 bits per heavy atom. The maximum Gasteiger partial charge on any atom is 0.122 e.